The first-order valence-corrected chi connectivity index (χ1v) is 5.97. The molecule has 0 aliphatic rings. The van der Waals surface area contributed by atoms with Gasteiger partial charge in [-0.15, -0.1) is 11.3 Å². The van der Waals surface area contributed by atoms with E-state index in [4.69, 9.17) is 4.74 Å². The van der Waals surface area contributed by atoms with Gasteiger partial charge in [0.25, 0.3) is 0 Å². The molecule has 2 rings (SSSR count). The molecule has 0 aliphatic heterocycles. The molecule has 2 aromatic heterocycles. The van der Waals surface area contributed by atoms with Crippen LogP contribution in [0, 0.1) is 0 Å². The Labute approximate surface area is 98.3 Å². The van der Waals surface area contributed by atoms with Crippen LogP contribution in [-0.2, 0) is 6.61 Å². The third-order valence-corrected chi connectivity index (χ3v) is 2.79. The largest absolute Gasteiger partial charge is 0.472 e. The number of rotatable bonds is 5. The Morgan fingerprint density at radius 1 is 1.44 bits per heavy atom. The molecule has 0 saturated carbocycles. The maximum absolute atomic E-state index is 5.56. The molecule has 0 radical (unpaired) electrons. The molecule has 0 saturated heterocycles. The third kappa shape index (κ3) is 2.93. The average Bonchev–Trinajstić information content (AvgIpc) is 2.80. The number of thiophene rings is 1. The second-order valence-corrected chi connectivity index (χ2v) is 4.17. The molecule has 0 atom stereocenters. The fraction of sp³-hybridized carbons (Fsp3) is 0.273. The molecule has 0 spiro atoms. The minimum absolute atomic E-state index is 0.556. The van der Waals surface area contributed by atoms with Gasteiger partial charge in [-0.3, -0.25) is 0 Å². The Kier molecular flexibility index (Phi) is 3.71. The first-order chi connectivity index (χ1) is 7.88. The van der Waals surface area contributed by atoms with Crippen molar-refractivity contribution in [3.05, 3.63) is 34.8 Å². The van der Waals surface area contributed by atoms with E-state index < -0.39 is 0 Å². The minimum atomic E-state index is 0.556. The molecule has 1 N–H and O–H groups in total. The van der Waals surface area contributed by atoms with Gasteiger partial charge in [0, 0.05) is 17.5 Å². The van der Waals surface area contributed by atoms with Crippen molar-refractivity contribution in [2.24, 2.45) is 0 Å². The van der Waals surface area contributed by atoms with Crippen molar-refractivity contribution in [1.82, 2.24) is 9.97 Å². The lowest BCUT2D eigenvalue weighted by Crippen LogP contribution is -2.01. The summed E-state index contributed by atoms with van der Waals surface area (Å²) in [5, 5.41) is 5.14. The highest BCUT2D eigenvalue weighted by Gasteiger charge is 2.00. The van der Waals surface area contributed by atoms with E-state index in [0.29, 0.717) is 12.5 Å². The molecule has 2 heterocycles. The highest BCUT2D eigenvalue weighted by atomic mass is 32.1. The fourth-order valence-electron chi connectivity index (χ4n) is 1.24. The molecular weight excluding hydrogens is 222 g/mol. The quantitative estimate of drug-likeness (QED) is 0.865. The van der Waals surface area contributed by atoms with Gasteiger partial charge in [-0.05, 0) is 18.4 Å². The lowest BCUT2D eigenvalue weighted by molar-refractivity contribution is 0.297. The Morgan fingerprint density at radius 2 is 2.38 bits per heavy atom. The summed E-state index contributed by atoms with van der Waals surface area (Å²) in [7, 11) is 0. The van der Waals surface area contributed by atoms with Crippen LogP contribution in [0.15, 0.2) is 29.9 Å². The normalized spacial score (nSPS) is 10.1. The van der Waals surface area contributed by atoms with Gasteiger partial charge in [0.2, 0.25) is 5.88 Å². The van der Waals surface area contributed by atoms with Gasteiger partial charge in [0.15, 0.2) is 0 Å². The Hall–Kier alpha value is -1.62. The van der Waals surface area contributed by atoms with Gasteiger partial charge in [-0.2, -0.15) is 0 Å². The van der Waals surface area contributed by atoms with Crippen molar-refractivity contribution in [1.29, 1.82) is 0 Å². The summed E-state index contributed by atoms with van der Waals surface area (Å²) in [5.74, 6) is 1.39. The highest BCUT2D eigenvalue weighted by molar-refractivity contribution is 7.09. The van der Waals surface area contributed by atoms with E-state index >= 15 is 0 Å². The van der Waals surface area contributed by atoms with E-state index in [9.17, 15) is 0 Å². The van der Waals surface area contributed by atoms with Crippen LogP contribution in [0.25, 0.3) is 0 Å². The Morgan fingerprint density at radius 3 is 3.12 bits per heavy atom. The summed E-state index contributed by atoms with van der Waals surface area (Å²) in [6, 6.07) is 5.85. The standard InChI is InChI=1S/C11H13N3OS/c1-2-12-10-6-11(14-8-13-10)15-7-9-4-3-5-16-9/h3-6,8H,2,7H2,1H3,(H,12,13,14). The smallest absolute Gasteiger partial charge is 0.218 e. The molecular formula is C11H13N3OS. The summed E-state index contributed by atoms with van der Waals surface area (Å²) in [5.41, 5.74) is 0. The molecule has 16 heavy (non-hydrogen) atoms. The number of anilines is 1. The SMILES string of the molecule is CCNc1cc(OCc2cccs2)ncn1. The summed E-state index contributed by atoms with van der Waals surface area (Å²) in [6.07, 6.45) is 1.50. The molecule has 4 nitrogen and oxygen atoms in total. The second kappa shape index (κ2) is 5.46. The first-order valence-electron chi connectivity index (χ1n) is 5.09. The number of hydrogen-bond acceptors (Lipinski definition) is 5. The molecule has 0 bridgehead atoms. The fourth-order valence-corrected chi connectivity index (χ4v) is 1.85. The van der Waals surface area contributed by atoms with E-state index in [2.05, 4.69) is 15.3 Å². The number of hydrogen-bond donors (Lipinski definition) is 1. The van der Waals surface area contributed by atoms with E-state index in [-0.39, 0.29) is 0 Å². The van der Waals surface area contributed by atoms with Crippen molar-refractivity contribution in [2.75, 3.05) is 11.9 Å². The van der Waals surface area contributed by atoms with E-state index in [0.717, 1.165) is 12.4 Å². The third-order valence-electron chi connectivity index (χ3n) is 1.94. The summed E-state index contributed by atoms with van der Waals surface area (Å²) >= 11 is 1.67. The zero-order valence-corrected chi connectivity index (χ0v) is 9.83. The number of nitrogens with zero attached hydrogens (tertiary/aromatic N) is 2. The van der Waals surface area contributed by atoms with E-state index in [1.807, 2.05) is 24.4 Å². The zero-order valence-electron chi connectivity index (χ0n) is 9.01. The number of ether oxygens (including phenoxy) is 1. The zero-order chi connectivity index (χ0) is 11.2. The molecule has 0 aliphatic carbocycles. The van der Waals surface area contributed by atoms with Crippen LogP contribution in [0.3, 0.4) is 0 Å². The van der Waals surface area contributed by atoms with Crippen LogP contribution in [0.2, 0.25) is 0 Å². The summed E-state index contributed by atoms with van der Waals surface area (Å²) in [6.45, 7) is 3.41. The molecule has 0 fully saturated rings. The van der Waals surface area contributed by atoms with Crippen molar-refractivity contribution in [3.63, 3.8) is 0 Å². The van der Waals surface area contributed by atoms with E-state index in [1.165, 1.54) is 11.2 Å². The second-order valence-electron chi connectivity index (χ2n) is 3.14. The van der Waals surface area contributed by atoms with Gasteiger partial charge < -0.3 is 10.1 Å². The van der Waals surface area contributed by atoms with Crippen molar-refractivity contribution >= 4 is 17.2 Å². The van der Waals surface area contributed by atoms with Crippen LogP contribution in [-0.4, -0.2) is 16.5 Å². The van der Waals surface area contributed by atoms with Gasteiger partial charge in [0.1, 0.15) is 18.8 Å². The van der Waals surface area contributed by atoms with E-state index in [1.54, 1.807) is 17.4 Å². The predicted molar refractivity (Wildman–Crippen MR) is 64.8 cm³/mol. The Balaban J connectivity index is 1.96. The van der Waals surface area contributed by atoms with Gasteiger partial charge in [0.05, 0.1) is 0 Å². The lowest BCUT2D eigenvalue weighted by Gasteiger charge is -2.05. The molecule has 0 aromatic carbocycles. The van der Waals surface area contributed by atoms with Crippen LogP contribution in [0.1, 0.15) is 11.8 Å². The monoisotopic (exact) mass is 235 g/mol. The molecule has 84 valence electrons. The number of nitrogens with one attached hydrogen (secondary N) is 1. The highest BCUT2D eigenvalue weighted by Crippen LogP contribution is 2.15. The summed E-state index contributed by atoms with van der Waals surface area (Å²) in [4.78, 5) is 9.31. The van der Waals surface area contributed by atoms with Crippen LogP contribution >= 0.6 is 11.3 Å². The topological polar surface area (TPSA) is 47.0 Å². The van der Waals surface area contributed by atoms with Crippen LogP contribution in [0.4, 0.5) is 5.82 Å². The summed E-state index contributed by atoms with van der Waals surface area (Å²) < 4.78 is 5.56. The predicted octanol–water partition coefficient (Wildman–Crippen LogP) is 2.55. The van der Waals surface area contributed by atoms with Crippen LogP contribution < -0.4 is 10.1 Å². The van der Waals surface area contributed by atoms with Gasteiger partial charge in [-0.1, -0.05) is 6.07 Å². The van der Waals surface area contributed by atoms with Gasteiger partial charge in [-0.25, -0.2) is 9.97 Å². The average molecular weight is 235 g/mol. The first kappa shape index (κ1) is 10.9. The molecule has 0 unspecified atom stereocenters. The lowest BCUT2D eigenvalue weighted by atomic mass is 10.5. The Bertz CT molecular complexity index is 431. The van der Waals surface area contributed by atoms with Crippen LogP contribution in [0.5, 0.6) is 5.88 Å². The maximum atomic E-state index is 5.56. The maximum Gasteiger partial charge on any atom is 0.218 e. The van der Waals surface area contributed by atoms with Crippen molar-refractivity contribution in [3.8, 4) is 5.88 Å². The molecule has 2 aromatic rings. The molecule has 5 heteroatoms. The van der Waals surface area contributed by atoms with Gasteiger partial charge >= 0.3 is 0 Å². The van der Waals surface area contributed by atoms with Crippen molar-refractivity contribution < 1.29 is 4.74 Å². The van der Waals surface area contributed by atoms with Crippen molar-refractivity contribution in [2.45, 2.75) is 13.5 Å². The number of aromatic nitrogens is 2. The molecule has 0 amide bonds. The minimum Gasteiger partial charge on any atom is -0.472 e.